The van der Waals surface area contributed by atoms with Crippen LogP contribution in [0.3, 0.4) is 0 Å². The maximum Gasteiger partial charge on any atom is 0.313 e. The maximum atomic E-state index is 11.9. The van der Waals surface area contributed by atoms with Crippen molar-refractivity contribution in [1.82, 2.24) is 14.4 Å². The molecular formula is C13H16BrN5O2. The fourth-order valence-electron chi connectivity index (χ4n) is 2.77. The van der Waals surface area contributed by atoms with Crippen molar-refractivity contribution in [2.45, 2.75) is 13.3 Å². The molecule has 0 spiro atoms. The van der Waals surface area contributed by atoms with E-state index >= 15 is 0 Å². The summed E-state index contributed by atoms with van der Waals surface area (Å²) in [5, 5.41) is 0. The molecule has 1 aliphatic rings. The maximum absolute atomic E-state index is 11.9. The molecule has 0 bridgehead atoms. The summed E-state index contributed by atoms with van der Waals surface area (Å²) in [6, 6.07) is 0. The number of nitrogens with two attached hydrogens (primary N) is 1. The number of fused-ring (bicyclic) bond motifs is 1. The zero-order valence-corrected chi connectivity index (χ0v) is 13.4. The molecule has 1 atom stereocenters. The second-order valence-corrected chi connectivity index (χ2v) is 6.21. The van der Waals surface area contributed by atoms with Gasteiger partial charge in [0, 0.05) is 25.5 Å². The molecule has 112 valence electrons. The first kappa shape index (κ1) is 14.1. The van der Waals surface area contributed by atoms with Crippen molar-refractivity contribution in [3.05, 3.63) is 17.0 Å². The number of hydrogen-bond donors (Lipinski definition) is 1. The van der Waals surface area contributed by atoms with Gasteiger partial charge in [-0.05, 0) is 29.3 Å². The van der Waals surface area contributed by atoms with Gasteiger partial charge in [-0.3, -0.25) is 9.20 Å². The van der Waals surface area contributed by atoms with E-state index in [0.717, 1.165) is 24.4 Å². The summed E-state index contributed by atoms with van der Waals surface area (Å²) in [5.74, 6) is 0.975. The van der Waals surface area contributed by atoms with E-state index in [1.807, 2.05) is 17.5 Å². The van der Waals surface area contributed by atoms with Crippen LogP contribution in [0.25, 0.3) is 5.52 Å². The lowest BCUT2D eigenvalue weighted by Crippen LogP contribution is -2.33. The number of carbonyl (C=O) groups excluding carboxylic acids is 1. The second kappa shape index (κ2) is 4.87. The summed E-state index contributed by atoms with van der Waals surface area (Å²) in [6.07, 6.45) is 4.18. The molecule has 3 heterocycles. The topological polar surface area (TPSA) is 85.8 Å². The van der Waals surface area contributed by atoms with E-state index < -0.39 is 5.41 Å². The van der Waals surface area contributed by atoms with E-state index in [2.05, 4.69) is 30.8 Å². The van der Waals surface area contributed by atoms with Gasteiger partial charge in [-0.2, -0.15) is 0 Å². The molecule has 8 heteroatoms. The molecule has 0 aliphatic carbocycles. The van der Waals surface area contributed by atoms with Crippen LogP contribution in [0.5, 0.6) is 0 Å². The quantitative estimate of drug-likeness (QED) is 0.822. The lowest BCUT2D eigenvalue weighted by atomic mass is 9.90. The van der Waals surface area contributed by atoms with Crippen molar-refractivity contribution in [3.8, 4) is 0 Å². The Labute approximate surface area is 130 Å². The Morgan fingerprint density at radius 3 is 3.05 bits per heavy atom. The fraction of sp³-hybridized carbons (Fsp3) is 0.462. The van der Waals surface area contributed by atoms with Crippen LogP contribution in [0.1, 0.15) is 13.3 Å². The molecule has 0 saturated carbocycles. The number of hydrogen-bond acceptors (Lipinski definition) is 6. The molecule has 1 unspecified atom stereocenters. The highest BCUT2D eigenvalue weighted by molar-refractivity contribution is 9.10. The number of methoxy groups -OCH3 is 1. The highest BCUT2D eigenvalue weighted by atomic mass is 79.9. The number of imidazole rings is 1. The monoisotopic (exact) mass is 353 g/mol. The van der Waals surface area contributed by atoms with E-state index in [0.29, 0.717) is 17.0 Å². The molecule has 7 nitrogen and oxygen atoms in total. The minimum absolute atomic E-state index is 0.189. The summed E-state index contributed by atoms with van der Waals surface area (Å²) >= 11 is 3.42. The fourth-order valence-corrected chi connectivity index (χ4v) is 3.33. The zero-order valence-electron chi connectivity index (χ0n) is 11.8. The van der Waals surface area contributed by atoms with Crippen LogP contribution >= 0.6 is 15.9 Å². The van der Waals surface area contributed by atoms with E-state index in [4.69, 9.17) is 10.5 Å². The summed E-state index contributed by atoms with van der Waals surface area (Å²) < 4.78 is 7.43. The van der Waals surface area contributed by atoms with Gasteiger partial charge in [-0.25, -0.2) is 9.97 Å². The van der Waals surface area contributed by atoms with Gasteiger partial charge >= 0.3 is 5.97 Å². The van der Waals surface area contributed by atoms with E-state index in [9.17, 15) is 4.79 Å². The Morgan fingerprint density at radius 1 is 1.57 bits per heavy atom. The second-order valence-electron chi connectivity index (χ2n) is 5.46. The van der Waals surface area contributed by atoms with Gasteiger partial charge in [0.25, 0.3) is 0 Å². The number of nitrogen functional groups attached to an aromatic ring is 1. The third-order valence-corrected chi connectivity index (χ3v) is 4.51. The molecule has 3 rings (SSSR count). The third-order valence-electron chi connectivity index (χ3n) is 3.96. The number of halogens is 1. The first-order valence-corrected chi connectivity index (χ1v) is 7.37. The summed E-state index contributed by atoms with van der Waals surface area (Å²) in [4.78, 5) is 22.6. The largest absolute Gasteiger partial charge is 0.469 e. The van der Waals surface area contributed by atoms with Crippen molar-refractivity contribution in [1.29, 1.82) is 0 Å². The first-order chi connectivity index (χ1) is 9.96. The number of esters is 1. The molecule has 1 saturated heterocycles. The highest BCUT2D eigenvalue weighted by Gasteiger charge is 2.42. The highest BCUT2D eigenvalue weighted by Crippen LogP contribution is 2.35. The zero-order chi connectivity index (χ0) is 15.2. The predicted octanol–water partition coefficient (Wildman–Crippen LogP) is 1.46. The number of anilines is 2. The number of nitrogens with zero attached hydrogens (tertiary/aromatic N) is 4. The Balaban J connectivity index is 2.00. The van der Waals surface area contributed by atoms with Gasteiger partial charge in [0.15, 0.2) is 5.82 Å². The van der Waals surface area contributed by atoms with E-state index in [-0.39, 0.29) is 5.97 Å². The predicted molar refractivity (Wildman–Crippen MR) is 82.1 cm³/mol. The van der Waals surface area contributed by atoms with Crippen molar-refractivity contribution in [2.75, 3.05) is 30.8 Å². The van der Waals surface area contributed by atoms with E-state index in [1.54, 1.807) is 6.20 Å². The summed E-state index contributed by atoms with van der Waals surface area (Å²) in [5.41, 5.74) is 6.12. The molecular weight excluding hydrogens is 338 g/mol. The van der Waals surface area contributed by atoms with Crippen molar-refractivity contribution in [2.24, 2.45) is 5.41 Å². The number of ether oxygens (including phenoxy) is 1. The van der Waals surface area contributed by atoms with Crippen LogP contribution in [-0.2, 0) is 9.53 Å². The third kappa shape index (κ3) is 2.14. The van der Waals surface area contributed by atoms with Gasteiger partial charge in [-0.15, -0.1) is 0 Å². The minimum Gasteiger partial charge on any atom is -0.469 e. The molecule has 0 aromatic carbocycles. The van der Waals surface area contributed by atoms with Crippen LogP contribution in [0.15, 0.2) is 17.0 Å². The van der Waals surface area contributed by atoms with Crippen LogP contribution in [0.2, 0.25) is 0 Å². The molecule has 0 radical (unpaired) electrons. The van der Waals surface area contributed by atoms with Crippen molar-refractivity contribution < 1.29 is 9.53 Å². The molecule has 2 aromatic heterocycles. The Bertz CT molecular complexity index is 716. The lowest BCUT2D eigenvalue weighted by molar-refractivity contribution is -0.150. The van der Waals surface area contributed by atoms with Gasteiger partial charge in [-0.1, -0.05) is 0 Å². The molecule has 0 amide bonds. The van der Waals surface area contributed by atoms with Gasteiger partial charge in [0.05, 0.1) is 12.5 Å². The average Bonchev–Trinajstić information content (AvgIpc) is 3.01. The lowest BCUT2D eigenvalue weighted by Gasteiger charge is -2.21. The standard InChI is InChI=1S/C13H16BrN5O2/c1-13(11(20)21-2)3-5-18(7-13)12-17-9(14)8-10(15)16-4-6-19(8)12/h4,6H,3,5,7H2,1-2H3,(H2,15,16). The normalized spacial score (nSPS) is 22.0. The van der Waals surface area contributed by atoms with Gasteiger partial charge in [0.1, 0.15) is 10.1 Å². The summed E-state index contributed by atoms with van der Waals surface area (Å²) in [7, 11) is 1.42. The van der Waals surface area contributed by atoms with Gasteiger partial charge in [0.2, 0.25) is 5.95 Å². The minimum atomic E-state index is -0.508. The van der Waals surface area contributed by atoms with Gasteiger partial charge < -0.3 is 15.4 Å². The Morgan fingerprint density at radius 2 is 2.33 bits per heavy atom. The van der Waals surface area contributed by atoms with Crippen LogP contribution < -0.4 is 10.6 Å². The average molecular weight is 354 g/mol. The first-order valence-electron chi connectivity index (χ1n) is 6.58. The molecule has 2 aromatic rings. The smallest absolute Gasteiger partial charge is 0.313 e. The molecule has 1 aliphatic heterocycles. The number of rotatable bonds is 2. The SMILES string of the molecule is COC(=O)C1(C)CCN(c2nc(Br)c3c(N)nccn23)C1. The van der Waals surface area contributed by atoms with Crippen LogP contribution in [-0.4, -0.2) is 40.5 Å². The number of aromatic nitrogens is 3. The van der Waals surface area contributed by atoms with Crippen molar-refractivity contribution >= 4 is 39.2 Å². The van der Waals surface area contributed by atoms with Crippen LogP contribution in [0, 0.1) is 5.41 Å². The number of carbonyl (C=O) groups is 1. The summed E-state index contributed by atoms with van der Waals surface area (Å²) in [6.45, 7) is 3.21. The van der Waals surface area contributed by atoms with Crippen molar-refractivity contribution in [3.63, 3.8) is 0 Å². The molecule has 21 heavy (non-hydrogen) atoms. The Kier molecular flexibility index (Phi) is 3.27. The van der Waals surface area contributed by atoms with E-state index in [1.165, 1.54) is 7.11 Å². The van der Waals surface area contributed by atoms with Crippen LogP contribution in [0.4, 0.5) is 11.8 Å². The molecule has 2 N–H and O–H groups in total. The molecule has 1 fully saturated rings. The Hall–Kier alpha value is -1.83.